The van der Waals surface area contributed by atoms with Crippen LogP contribution in [0.1, 0.15) is 66.2 Å². The van der Waals surface area contributed by atoms with Gasteiger partial charge in [-0.05, 0) is 37.0 Å². The van der Waals surface area contributed by atoms with Crippen LogP contribution >= 0.6 is 0 Å². The maximum atomic E-state index is 3.79. The summed E-state index contributed by atoms with van der Waals surface area (Å²) in [5.74, 6) is 0.855. The van der Waals surface area contributed by atoms with Gasteiger partial charge in [0.1, 0.15) is 0 Å². The van der Waals surface area contributed by atoms with E-state index in [1.807, 2.05) is 0 Å². The lowest BCUT2D eigenvalue weighted by molar-refractivity contribution is 0.310. The highest BCUT2D eigenvalue weighted by Gasteiger charge is 2.44. The van der Waals surface area contributed by atoms with Crippen molar-refractivity contribution in [2.45, 2.75) is 72.3 Å². The molecule has 1 rings (SSSR count). The molecule has 0 radical (unpaired) electrons. The highest BCUT2D eigenvalue weighted by Crippen LogP contribution is 2.51. The van der Waals surface area contributed by atoms with Crippen molar-refractivity contribution in [2.75, 3.05) is 6.54 Å². The van der Waals surface area contributed by atoms with E-state index >= 15 is 0 Å². The molecule has 0 heterocycles. The van der Waals surface area contributed by atoms with E-state index in [1.54, 1.807) is 0 Å². The van der Waals surface area contributed by atoms with E-state index in [9.17, 15) is 0 Å². The van der Waals surface area contributed by atoms with Crippen molar-refractivity contribution >= 4 is 0 Å². The van der Waals surface area contributed by atoms with Gasteiger partial charge in [-0.2, -0.15) is 0 Å². The summed E-state index contributed by atoms with van der Waals surface area (Å²) in [4.78, 5) is 0. The Hall–Kier alpha value is -0.0400. The molecule has 90 valence electrons. The topological polar surface area (TPSA) is 12.0 Å². The Labute approximate surface area is 96.0 Å². The third-order valence-corrected chi connectivity index (χ3v) is 4.26. The molecule has 1 unspecified atom stereocenters. The minimum atomic E-state index is 0.666. The highest BCUT2D eigenvalue weighted by atomic mass is 14.9. The van der Waals surface area contributed by atoms with Gasteiger partial charge < -0.3 is 5.32 Å². The number of nitrogens with one attached hydrogen (secondary N) is 1. The van der Waals surface area contributed by atoms with E-state index in [2.05, 4.69) is 33.0 Å². The molecule has 1 saturated carbocycles. The monoisotopic (exact) mass is 211 g/mol. The largest absolute Gasteiger partial charge is 0.313 e. The number of rotatable bonds is 8. The minimum absolute atomic E-state index is 0.666. The lowest BCUT2D eigenvalue weighted by Gasteiger charge is -2.24. The van der Waals surface area contributed by atoms with Crippen molar-refractivity contribution in [3.63, 3.8) is 0 Å². The third kappa shape index (κ3) is 3.79. The molecule has 1 aliphatic carbocycles. The predicted molar refractivity (Wildman–Crippen MR) is 68.1 cm³/mol. The first-order valence-electron chi connectivity index (χ1n) is 6.88. The van der Waals surface area contributed by atoms with E-state index in [1.165, 1.54) is 45.1 Å². The van der Waals surface area contributed by atoms with Crippen molar-refractivity contribution in [1.82, 2.24) is 5.32 Å². The molecular formula is C14H29N. The normalized spacial score (nSPS) is 20.6. The quantitative estimate of drug-likeness (QED) is 0.640. The second-order valence-corrected chi connectivity index (χ2v) is 5.65. The van der Waals surface area contributed by atoms with Gasteiger partial charge in [0.05, 0.1) is 0 Å². The first-order valence-corrected chi connectivity index (χ1v) is 6.88. The Morgan fingerprint density at radius 2 is 1.87 bits per heavy atom. The lowest BCUT2D eigenvalue weighted by atomic mass is 9.92. The van der Waals surface area contributed by atoms with Gasteiger partial charge in [0.25, 0.3) is 0 Å². The maximum absolute atomic E-state index is 3.79. The predicted octanol–water partition coefficient (Wildman–Crippen LogP) is 3.98. The molecule has 0 aliphatic heterocycles. The number of unbranched alkanes of at least 4 members (excludes halogenated alkanes) is 1. The van der Waals surface area contributed by atoms with Gasteiger partial charge >= 0.3 is 0 Å². The minimum Gasteiger partial charge on any atom is -0.313 e. The van der Waals surface area contributed by atoms with Gasteiger partial charge in [0.15, 0.2) is 0 Å². The van der Waals surface area contributed by atoms with Crippen molar-refractivity contribution in [3.05, 3.63) is 0 Å². The Balaban J connectivity index is 2.22. The summed E-state index contributed by atoms with van der Waals surface area (Å²) in [5.41, 5.74) is 0.666. The maximum Gasteiger partial charge on any atom is 0.00646 e. The van der Waals surface area contributed by atoms with Crippen LogP contribution in [0.4, 0.5) is 0 Å². The zero-order valence-electron chi connectivity index (χ0n) is 11.1. The van der Waals surface area contributed by atoms with Crippen molar-refractivity contribution in [1.29, 1.82) is 0 Å². The standard InChI is InChI=1S/C14H29N/c1-5-7-8-13(6-2)15-11-14(9-10-14)12(3)4/h12-13,15H,5-11H2,1-4H3. The second-order valence-electron chi connectivity index (χ2n) is 5.65. The van der Waals surface area contributed by atoms with Gasteiger partial charge in [-0.3, -0.25) is 0 Å². The van der Waals surface area contributed by atoms with Crippen molar-refractivity contribution in [3.8, 4) is 0 Å². The van der Waals surface area contributed by atoms with Gasteiger partial charge in [-0.1, -0.05) is 40.5 Å². The fourth-order valence-corrected chi connectivity index (χ4v) is 2.37. The molecule has 0 saturated heterocycles. The first-order chi connectivity index (χ1) is 7.14. The van der Waals surface area contributed by atoms with Gasteiger partial charge in [0.2, 0.25) is 0 Å². The molecule has 0 aromatic carbocycles. The molecule has 1 heteroatoms. The molecule has 0 aromatic rings. The van der Waals surface area contributed by atoms with Crippen LogP contribution in [0.2, 0.25) is 0 Å². The van der Waals surface area contributed by atoms with Gasteiger partial charge in [0, 0.05) is 12.6 Å². The number of hydrogen-bond donors (Lipinski definition) is 1. The molecule has 0 spiro atoms. The molecular weight excluding hydrogens is 182 g/mol. The third-order valence-electron chi connectivity index (χ3n) is 4.26. The SMILES string of the molecule is CCCCC(CC)NCC1(C(C)C)CC1. The highest BCUT2D eigenvalue weighted by molar-refractivity contribution is 4.97. The van der Waals surface area contributed by atoms with E-state index < -0.39 is 0 Å². The summed E-state index contributed by atoms with van der Waals surface area (Å²) in [7, 11) is 0. The van der Waals surface area contributed by atoms with E-state index in [0.29, 0.717) is 5.41 Å². The van der Waals surface area contributed by atoms with E-state index in [0.717, 1.165) is 12.0 Å². The molecule has 0 bridgehead atoms. The molecule has 1 nitrogen and oxygen atoms in total. The Morgan fingerprint density at radius 3 is 2.27 bits per heavy atom. The molecule has 0 aromatic heterocycles. The number of hydrogen-bond acceptors (Lipinski definition) is 1. The van der Waals surface area contributed by atoms with Gasteiger partial charge in [-0.25, -0.2) is 0 Å². The summed E-state index contributed by atoms with van der Waals surface area (Å²) in [6.45, 7) is 10.6. The molecule has 1 aliphatic rings. The van der Waals surface area contributed by atoms with Crippen LogP contribution in [0.25, 0.3) is 0 Å². The summed E-state index contributed by atoms with van der Waals surface area (Å²) in [6, 6.07) is 0.765. The van der Waals surface area contributed by atoms with E-state index in [4.69, 9.17) is 0 Å². The average molecular weight is 211 g/mol. The van der Waals surface area contributed by atoms with Crippen LogP contribution in [-0.4, -0.2) is 12.6 Å². The van der Waals surface area contributed by atoms with Crippen LogP contribution in [0.5, 0.6) is 0 Å². The lowest BCUT2D eigenvalue weighted by Crippen LogP contribution is -2.35. The first kappa shape index (κ1) is 13.0. The molecule has 1 fully saturated rings. The summed E-state index contributed by atoms with van der Waals surface area (Å²) in [6.07, 6.45) is 8.24. The summed E-state index contributed by atoms with van der Waals surface area (Å²) >= 11 is 0. The Bertz CT molecular complexity index is 170. The second kappa shape index (κ2) is 5.89. The Morgan fingerprint density at radius 1 is 1.20 bits per heavy atom. The average Bonchev–Trinajstić information content (AvgIpc) is 2.99. The van der Waals surface area contributed by atoms with Crippen molar-refractivity contribution < 1.29 is 0 Å². The Kier molecular flexibility index (Phi) is 5.11. The summed E-state index contributed by atoms with van der Waals surface area (Å²) in [5, 5.41) is 3.79. The smallest absolute Gasteiger partial charge is 0.00646 e. The van der Waals surface area contributed by atoms with Crippen LogP contribution in [0, 0.1) is 11.3 Å². The zero-order chi connectivity index (χ0) is 11.3. The van der Waals surface area contributed by atoms with Crippen LogP contribution in [0.15, 0.2) is 0 Å². The summed E-state index contributed by atoms with van der Waals surface area (Å²) < 4.78 is 0. The van der Waals surface area contributed by atoms with Crippen LogP contribution < -0.4 is 5.32 Å². The zero-order valence-corrected chi connectivity index (χ0v) is 11.1. The van der Waals surface area contributed by atoms with Crippen LogP contribution in [0.3, 0.4) is 0 Å². The fraction of sp³-hybridized carbons (Fsp3) is 1.00. The van der Waals surface area contributed by atoms with Crippen molar-refractivity contribution in [2.24, 2.45) is 11.3 Å². The molecule has 0 amide bonds. The molecule has 1 atom stereocenters. The van der Waals surface area contributed by atoms with Gasteiger partial charge in [-0.15, -0.1) is 0 Å². The van der Waals surface area contributed by atoms with E-state index in [-0.39, 0.29) is 0 Å². The van der Waals surface area contributed by atoms with Crippen LogP contribution in [-0.2, 0) is 0 Å². The fourth-order valence-electron chi connectivity index (χ4n) is 2.37. The molecule has 1 N–H and O–H groups in total. The molecule has 15 heavy (non-hydrogen) atoms.